The van der Waals surface area contributed by atoms with Crippen LogP contribution in [0, 0.1) is 10.1 Å². The largest absolute Gasteiger partial charge is 0.348 e. The number of aryl methyl sites for hydroxylation is 1. The van der Waals surface area contributed by atoms with Crippen molar-refractivity contribution in [1.29, 1.82) is 0 Å². The van der Waals surface area contributed by atoms with Crippen LogP contribution in [-0.4, -0.2) is 36.1 Å². The van der Waals surface area contributed by atoms with Crippen molar-refractivity contribution in [2.24, 2.45) is 0 Å². The first-order chi connectivity index (χ1) is 14.9. The van der Waals surface area contributed by atoms with Gasteiger partial charge in [0, 0.05) is 18.7 Å². The fraction of sp³-hybridized carbons (Fsp3) is 0.409. The molecule has 8 nitrogen and oxygen atoms in total. The molecule has 1 heterocycles. The molecule has 1 fully saturated rings. The van der Waals surface area contributed by atoms with E-state index in [1.165, 1.54) is 34.1 Å². The van der Waals surface area contributed by atoms with Crippen molar-refractivity contribution in [1.82, 2.24) is 9.62 Å². The second kappa shape index (κ2) is 8.76. The number of piperidine rings is 1. The second-order valence-corrected chi connectivity index (χ2v) is 9.92. The Bertz CT molecular complexity index is 1080. The molecule has 0 spiro atoms. The van der Waals surface area contributed by atoms with Gasteiger partial charge in [-0.05, 0) is 55.4 Å². The zero-order valence-electron chi connectivity index (χ0n) is 17.1. The second-order valence-electron chi connectivity index (χ2n) is 8.03. The number of sulfonamides is 1. The van der Waals surface area contributed by atoms with Crippen LogP contribution in [0.25, 0.3) is 0 Å². The van der Waals surface area contributed by atoms with E-state index in [0.29, 0.717) is 12.8 Å². The molecule has 1 aliphatic heterocycles. The van der Waals surface area contributed by atoms with Crippen LogP contribution in [0.15, 0.2) is 53.4 Å². The average Bonchev–Trinajstić information content (AvgIpc) is 2.79. The van der Waals surface area contributed by atoms with Gasteiger partial charge in [-0.1, -0.05) is 30.7 Å². The van der Waals surface area contributed by atoms with Gasteiger partial charge in [-0.3, -0.25) is 14.9 Å². The number of nitro groups is 1. The third-order valence-electron chi connectivity index (χ3n) is 6.10. The van der Waals surface area contributed by atoms with Crippen LogP contribution >= 0.6 is 0 Å². The lowest BCUT2D eigenvalue weighted by Gasteiger charge is -2.35. The lowest BCUT2D eigenvalue weighted by atomic mass is 9.87. The predicted molar refractivity (Wildman–Crippen MR) is 115 cm³/mol. The van der Waals surface area contributed by atoms with Gasteiger partial charge in [0.25, 0.3) is 5.69 Å². The van der Waals surface area contributed by atoms with Crippen LogP contribution in [-0.2, 0) is 21.2 Å². The Morgan fingerprint density at radius 2 is 1.77 bits per heavy atom. The van der Waals surface area contributed by atoms with E-state index >= 15 is 0 Å². The van der Waals surface area contributed by atoms with E-state index < -0.39 is 21.0 Å². The highest BCUT2D eigenvalue weighted by Crippen LogP contribution is 2.31. The van der Waals surface area contributed by atoms with E-state index in [9.17, 15) is 23.3 Å². The van der Waals surface area contributed by atoms with Gasteiger partial charge in [0.15, 0.2) is 0 Å². The van der Waals surface area contributed by atoms with Crippen LogP contribution in [0.5, 0.6) is 0 Å². The number of hydrogen-bond donors (Lipinski definition) is 1. The monoisotopic (exact) mass is 443 g/mol. The number of hydrogen-bond acceptors (Lipinski definition) is 5. The zero-order valence-corrected chi connectivity index (χ0v) is 17.9. The molecular formula is C22H25N3O5S. The van der Waals surface area contributed by atoms with Crippen LogP contribution in [0.3, 0.4) is 0 Å². The van der Waals surface area contributed by atoms with Crippen molar-refractivity contribution < 1.29 is 18.1 Å². The normalized spacial score (nSPS) is 21.8. The molecule has 2 aliphatic rings. The highest BCUT2D eigenvalue weighted by atomic mass is 32.2. The molecule has 0 bridgehead atoms. The summed E-state index contributed by atoms with van der Waals surface area (Å²) in [5, 5.41) is 14.0. The van der Waals surface area contributed by atoms with E-state index in [1.54, 1.807) is 0 Å². The fourth-order valence-electron chi connectivity index (χ4n) is 4.50. The smallest absolute Gasteiger partial charge is 0.269 e. The third-order valence-corrected chi connectivity index (χ3v) is 8.02. The first-order valence-corrected chi connectivity index (χ1v) is 12.0. The van der Waals surface area contributed by atoms with Crippen LogP contribution in [0.1, 0.15) is 49.3 Å². The third kappa shape index (κ3) is 4.33. The number of nitrogens with zero attached hydrogens (tertiary/aromatic N) is 2. The molecule has 1 saturated heterocycles. The lowest BCUT2D eigenvalue weighted by molar-refractivity contribution is -0.384. The molecule has 0 unspecified atom stereocenters. The van der Waals surface area contributed by atoms with E-state index in [4.69, 9.17) is 0 Å². The van der Waals surface area contributed by atoms with Gasteiger partial charge >= 0.3 is 0 Å². The van der Waals surface area contributed by atoms with Crippen LogP contribution in [0.2, 0.25) is 0 Å². The maximum atomic E-state index is 13.2. The number of non-ortho nitro benzene ring substituents is 1. The number of benzene rings is 2. The van der Waals surface area contributed by atoms with Gasteiger partial charge in [0.2, 0.25) is 15.9 Å². The lowest BCUT2D eigenvalue weighted by Crippen LogP contribution is -2.52. The van der Waals surface area contributed by atoms with E-state index in [-0.39, 0.29) is 29.1 Å². The Morgan fingerprint density at radius 3 is 2.52 bits per heavy atom. The van der Waals surface area contributed by atoms with Crippen molar-refractivity contribution in [2.45, 2.75) is 55.5 Å². The summed E-state index contributed by atoms with van der Waals surface area (Å²) in [5.74, 6) is -0.285. The molecule has 1 N–H and O–H groups in total. The van der Waals surface area contributed by atoms with Gasteiger partial charge < -0.3 is 5.32 Å². The Hall–Kier alpha value is -2.78. The first kappa shape index (κ1) is 21.5. The molecule has 0 radical (unpaired) electrons. The molecule has 31 heavy (non-hydrogen) atoms. The predicted octanol–water partition coefficient (Wildman–Crippen LogP) is 3.33. The van der Waals surface area contributed by atoms with Gasteiger partial charge in [0.05, 0.1) is 15.9 Å². The zero-order chi connectivity index (χ0) is 22.0. The Balaban J connectivity index is 1.56. The van der Waals surface area contributed by atoms with Crippen molar-refractivity contribution in [2.75, 3.05) is 6.54 Å². The van der Waals surface area contributed by atoms with Gasteiger partial charge in [-0.2, -0.15) is 4.31 Å². The molecule has 2 aromatic rings. The Labute approximate surface area is 181 Å². The van der Waals surface area contributed by atoms with Crippen LogP contribution < -0.4 is 5.32 Å². The summed E-state index contributed by atoms with van der Waals surface area (Å²) in [7, 11) is -3.95. The van der Waals surface area contributed by atoms with Gasteiger partial charge in [-0.25, -0.2) is 8.42 Å². The summed E-state index contributed by atoms with van der Waals surface area (Å²) >= 11 is 0. The summed E-state index contributed by atoms with van der Waals surface area (Å²) in [4.78, 5) is 23.5. The first-order valence-electron chi connectivity index (χ1n) is 10.5. The molecule has 9 heteroatoms. The number of rotatable bonds is 5. The highest BCUT2D eigenvalue weighted by molar-refractivity contribution is 7.89. The molecule has 164 valence electrons. The number of fused-ring (bicyclic) bond motifs is 1. The number of nitro benzene ring substituents is 1. The average molecular weight is 444 g/mol. The summed E-state index contributed by atoms with van der Waals surface area (Å²) in [5.41, 5.74) is 2.14. The molecule has 2 aromatic carbocycles. The highest BCUT2D eigenvalue weighted by Gasteiger charge is 2.38. The molecule has 1 amide bonds. The summed E-state index contributed by atoms with van der Waals surface area (Å²) in [6.45, 7) is 0.249. The van der Waals surface area contributed by atoms with Crippen molar-refractivity contribution in [3.8, 4) is 0 Å². The maximum absolute atomic E-state index is 13.2. The molecule has 2 atom stereocenters. The molecular weight excluding hydrogens is 418 g/mol. The summed E-state index contributed by atoms with van der Waals surface area (Å²) in [6, 6.07) is 11.9. The van der Waals surface area contributed by atoms with Crippen LogP contribution in [0.4, 0.5) is 5.69 Å². The minimum Gasteiger partial charge on any atom is -0.348 e. The van der Waals surface area contributed by atoms with Gasteiger partial charge in [-0.15, -0.1) is 0 Å². The number of carbonyl (C=O) groups excluding carboxylic acids is 1. The minimum atomic E-state index is -3.95. The molecule has 4 rings (SSSR count). The van der Waals surface area contributed by atoms with Crippen molar-refractivity contribution in [3.63, 3.8) is 0 Å². The maximum Gasteiger partial charge on any atom is 0.269 e. The standard InChI is InChI=1S/C22H25N3O5S/c26-22(23-20-9-5-7-16-6-1-2-8-19(16)20)21-10-3-4-15-24(21)31(29,30)18-13-11-17(12-14-18)25(27)28/h1-2,6,8,11-14,20-21H,3-5,7,9-10,15H2,(H,23,26)/t20-,21+/m0/s1. The topological polar surface area (TPSA) is 110 Å². The van der Waals surface area contributed by atoms with E-state index in [2.05, 4.69) is 11.4 Å². The number of nitrogens with one attached hydrogen (secondary N) is 1. The molecule has 0 aromatic heterocycles. The Morgan fingerprint density at radius 1 is 1.03 bits per heavy atom. The van der Waals surface area contributed by atoms with Crippen molar-refractivity contribution >= 4 is 21.6 Å². The summed E-state index contributed by atoms with van der Waals surface area (Å²) in [6.07, 6.45) is 4.66. The van der Waals surface area contributed by atoms with E-state index in [1.807, 2.05) is 18.2 Å². The molecule has 1 aliphatic carbocycles. The minimum absolute atomic E-state index is 0.0409. The van der Waals surface area contributed by atoms with Gasteiger partial charge in [0.1, 0.15) is 6.04 Å². The SMILES string of the molecule is O=C(N[C@H]1CCCc2ccccc21)[C@H]1CCCCN1S(=O)(=O)c1ccc([N+](=O)[O-])cc1. The fourth-order valence-corrected chi connectivity index (χ4v) is 6.16. The summed E-state index contributed by atoms with van der Waals surface area (Å²) < 4.78 is 27.8. The Kier molecular flexibility index (Phi) is 6.06. The van der Waals surface area contributed by atoms with E-state index in [0.717, 1.165) is 31.2 Å². The molecule has 0 saturated carbocycles. The van der Waals surface area contributed by atoms with Crippen molar-refractivity contribution in [3.05, 3.63) is 69.8 Å². The number of amides is 1. The quantitative estimate of drug-likeness (QED) is 0.563. The number of carbonyl (C=O) groups is 1.